The second kappa shape index (κ2) is 8.13. The quantitative estimate of drug-likeness (QED) is 0.793. The van der Waals surface area contributed by atoms with Crippen LogP contribution in [0, 0.1) is 0 Å². The standard InChI is InChI=1S/C18H23NO7/c1-10(20)19-14-15-13(25-18(22-3)16(14)24-11(2)21)9-23-17(26-15)12-7-5-4-6-8-12/h4-8,13-18H,9H2,1-3H3,(H,19,20)/t13-,14+,15+,16-,17+,18+/m1/s1. The van der Waals surface area contributed by atoms with Gasteiger partial charge in [0.25, 0.3) is 0 Å². The largest absolute Gasteiger partial charge is 0.455 e. The van der Waals surface area contributed by atoms with Crippen molar-refractivity contribution in [1.29, 1.82) is 0 Å². The zero-order valence-electron chi connectivity index (χ0n) is 14.9. The molecule has 26 heavy (non-hydrogen) atoms. The molecule has 0 aliphatic carbocycles. The van der Waals surface area contributed by atoms with Crippen LogP contribution in [0.5, 0.6) is 0 Å². The third kappa shape index (κ3) is 4.04. The van der Waals surface area contributed by atoms with Gasteiger partial charge in [0.1, 0.15) is 12.2 Å². The number of ether oxygens (including phenoxy) is 5. The van der Waals surface area contributed by atoms with Crippen LogP contribution in [-0.2, 0) is 33.3 Å². The minimum absolute atomic E-state index is 0.257. The zero-order valence-corrected chi connectivity index (χ0v) is 14.9. The molecule has 2 aliphatic heterocycles. The Hall–Kier alpha value is -2.00. The fraction of sp³-hybridized carbons (Fsp3) is 0.556. The third-order valence-corrected chi connectivity index (χ3v) is 4.32. The van der Waals surface area contributed by atoms with Crippen LogP contribution in [0.2, 0.25) is 0 Å². The number of benzene rings is 1. The van der Waals surface area contributed by atoms with Crippen LogP contribution in [-0.4, -0.2) is 56.2 Å². The van der Waals surface area contributed by atoms with Gasteiger partial charge >= 0.3 is 5.97 Å². The van der Waals surface area contributed by atoms with Gasteiger partial charge in [-0.15, -0.1) is 0 Å². The minimum atomic E-state index is -0.836. The Bertz CT molecular complexity index is 638. The van der Waals surface area contributed by atoms with Gasteiger partial charge in [-0.25, -0.2) is 0 Å². The summed E-state index contributed by atoms with van der Waals surface area (Å²) in [6, 6.07) is 8.83. The zero-order chi connectivity index (χ0) is 18.7. The Balaban J connectivity index is 1.86. The molecule has 2 aliphatic rings. The first-order valence-corrected chi connectivity index (χ1v) is 8.44. The van der Waals surface area contributed by atoms with E-state index in [0.717, 1.165) is 5.56 Å². The van der Waals surface area contributed by atoms with E-state index in [1.54, 1.807) is 0 Å². The molecular weight excluding hydrogens is 342 g/mol. The molecule has 2 saturated heterocycles. The summed E-state index contributed by atoms with van der Waals surface area (Å²) >= 11 is 0. The van der Waals surface area contributed by atoms with Crippen molar-refractivity contribution in [3.05, 3.63) is 35.9 Å². The second-order valence-electron chi connectivity index (χ2n) is 6.26. The van der Waals surface area contributed by atoms with E-state index in [4.69, 9.17) is 23.7 Å². The fourth-order valence-corrected chi connectivity index (χ4v) is 3.28. The molecule has 1 aromatic carbocycles. The molecule has 3 rings (SSSR count). The second-order valence-corrected chi connectivity index (χ2v) is 6.26. The Morgan fingerprint density at radius 2 is 1.88 bits per heavy atom. The van der Waals surface area contributed by atoms with Crippen LogP contribution in [0.3, 0.4) is 0 Å². The Morgan fingerprint density at radius 1 is 1.15 bits per heavy atom. The van der Waals surface area contributed by atoms with Crippen molar-refractivity contribution < 1.29 is 33.3 Å². The number of hydrogen-bond acceptors (Lipinski definition) is 7. The van der Waals surface area contributed by atoms with Gasteiger partial charge in [0.15, 0.2) is 18.7 Å². The van der Waals surface area contributed by atoms with Crippen molar-refractivity contribution >= 4 is 11.9 Å². The molecule has 2 heterocycles. The average molecular weight is 365 g/mol. The molecule has 6 atom stereocenters. The lowest BCUT2D eigenvalue weighted by Crippen LogP contribution is -2.67. The lowest BCUT2D eigenvalue weighted by molar-refractivity contribution is -0.341. The van der Waals surface area contributed by atoms with Crippen LogP contribution < -0.4 is 5.32 Å². The normalized spacial score (nSPS) is 33.8. The van der Waals surface area contributed by atoms with E-state index in [-0.39, 0.29) is 12.5 Å². The Morgan fingerprint density at radius 3 is 2.50 bits per heavy atom. The van der Waals surface area contributed by atoms with Gasteiger partial charge in [-0.05, 0) is 0 Å². The number of fused-ring (bicyclic) bond motifs is 1. The molecule has 0 spiro atoms. The number of nitrogens with one attached hydrogen (secondary N) is 1. The van der Waals surface area contributed by atoms with Crippen LogP contribution in [0.25, 0.3) is 0 Å². The SMILES string of the molecule is CO[C@H]1O[C@@H]2CO[C@H](c3ccccc3)O[C@@H]2[C@H](NC(C)=O)[C@H]1OC(C)=O. The van der Waals surface area contributed by atoms with Crippen molar-refractivity contribution in [2.24, 2.45) is 0 Å². The predicted octanol–water partition coefficient (Wildman–Crippen LogP) is 0.908. The summed E-state index contributed by atoms with van der Waals surface area (Å²) in [6.07, 6.45) is -3.30. The summed E-state index contributed by atoms with van der Waals surface area (Å²) in [5.41, 5.74) is 0.852. The Kier molecular flexibility index (Phi) is 5.87. The fourth-order valence-electron chi connectivity index (χ4n) is 3.28. The molecule has 1 aromatic rings. The molecule has 0 bridgehead atoms. The number of rotatable bonds is 4. The van der Waals surface area contributed by atoms with E-state index in [1.807, 2.05) is 30.3 Å². The molecule has 1 N–H and O–H groups in total. The first kappa shape index (κ1) is 18.8. The summed E-state index contributed by atoms with van der Waals surface area (Å²) < 4.78 is 28.4. The van der Waals surface area contributed by atoms with Crippen LogP contribution in [0.4, 0.5) is 0 Å². The summed E-state index contributed by atoms with van der Waals surface area (Å²) in [6.45, 7) is 2.94. The molecule has 142 valence electrons. The van der Waals surface area contributed by atoms with Gasteiger partial charge in [-0.3, -0.25) is 9.59 Å². The highest BCUT2D eigenvalue weighted by atomic mass is 16.8. The van der Waals surface area contributed by atoms with Crippen molar-refractivity contribution in [3.63, 3.8) is 0 Å². The van der Waals surface area contributed by atoms with Gasteiger partial charge in [-0.2, -0.15) is 0 Å². The molecule has 8 heteroatoms. The maximum absolute atomic E-state index is 11.7. The highest BCUT2D eigenvalue weighted by Crippen LogP contribution is 2.35. The van der Waals surface area contributed by atoms with Gasteiger partial charge in [0.05, 0.1) is 12.6 Å². The lowest BCUT2D eigenvalue weighted by atomic mass is 9.94. The first-order chi connectivity index (χ1) is 12.5. The number of methoxy groups -OCH3 is 1. The summed E-state index contributed by atoms with van der Waals surface area (Å²) in [7, 11) is 1.45. The van der Waals surface area contributed by atoms with Gasteiger partial charge < -0.3 is 29.0 Å². The third-order valence-electron chi connectivity index (χ3n) is 4.32. The van der Waals surface area contributed by atoms with Crippen molar-refractivity contribution in [3.8, 4) is 0 Å². The maximum atomic E-state index is 11.7. The monoisotopic (exact) mass is 365 g/mol. The van der Waals surface area contributed by atoms with E-state index in [0.29, 0.717) is 0 Å². The van der Waals surface area contributed by atoms with Crippen LogP contribution in [0.1, 0.15) is 25.7 Å². The van der Waals surface area contributed by atoms with Crippen LogP contribution in [0.15, 0.2) is 30.3 Å². The molecular formula is C18H23NO7. The number of esters is 1. The van der Waals surface area contributed by atoms with Gasteiger partial charge in [0.2, 0.25) is 5.91 Å². The topological polar surface area (TPSA) is 92.3 Å². The van der Waals surface area contributed by atoms with Gasteiger partial charge in [0, 0.05) is 26.5 Å². The van der Waals surface area contributed by atoms with E-state index >= 15 is 0 Å². The van der Waals surface area contributed by atoms with Gasteiger partial charge in [-0.1, -0.05) is 30.3 Å². The maximum Gasteiger partial charge on any atom is 0.303 e. The van der Waals surface area contributed by atoms with E-state index in [2.05, 4.69) is 5.32 Å². The molecule has 0 radical (unpaired) electrons. The van der Waals surface area contributed by atoms with E-state index < -0.39 is 42.9 Å². The van der Waals surface area contributed by atoms with Crippen molar-refractivity contribution in [1.82, 2.24) is 5.32 Å². The summed E-state index contributed by atoms with van der Waals surface area (Å²) in [5, 5.41) is 2.82. The molecule has 0 saturated carbocycles. The summed E-state index contributed by atoms with van der Waals surface area (Å²) in [4.78, 5) is 23.3. The molecule has 0 unspecified atom stereocenters. The van der Waals surface area contributed by atoms with E-state index in [1.165, 1.54) is 21.0 Å². The van der Waals surface area contributed by atoms with Crippen molar-refractivity contribution in [2.45, 2.75) is 50.8 Å². The number of hydrogen-bond donors (Lipinski definition) is 1. The smallest absolute Gasteiger partial charge is 0.303 e. The summed E-state index contributed by atoms with van der Waals surface area (Å²) in [5.74, 6) is -0.768. The highest BCUT2D eigenvalue weighted by Gasteiger charge is 2.52. The number of amides is 1. The first-order valence-electron chi connectivity index (χ1n) is 8.44. The molecule has 2 fully saturated rings. The average Bonchev–Trinajstić information content (AvgIpc) is 2.63. The minimum Gasteiger partial charge on any atom is -0.455 e. The number of carbonyl (C=O) groups is 2. The van der Waals surface area contributed by atoms with E-state index in [9.17, 15) is 9.59 Å². The van der Waals surface area contributed by atoms with Crippen LogP contribution >= 0.6 is 0 Å². The Labute approximate surface area is 151 Å². The highest BCUT2D eigenvalue weighted by molar-refractivity contribution is 5.73. The number of carbonyl (C=O) groups excluding carboxylic acids is 2. The predicted molar refractivity (Wildman–Crippen MR) is 88.8 cm³/mol. The molecule has 8 nitrogen and oxygen atoms in total. The molecule has 1 amide bonds. The lowest BCUT2D eigenvalue weighted by Gasteiger charge is -2.48. The van der Waals surface area contributed by atoms with Crippen molar-refractivity contribution in [2.75, 3.05) is 13.7 Å². The molecule has 0 aromatic heterocycles.